The van der Waals surface area contributed by atoms with Gasteiger partial charge < -0.3 is 9.47 Å². The van der Waals surface area contributed by atoms with Gasteiger partial charge in [0.2, 0.25) is 0 Å². The molecule has 4 heteroatoms. The number of ether oxygens (including phenoxy) is 2. The molecule has 0 spiro atoms. The number of hydrogen-bond acceptors (Lipinski definition) is 4. The molecule has 0 aliphatic heterocycles. The van der Waals surface area contributed by atoms with E-state index in [-0.39, 0.29) is 0 Å². The molecule has 0 unspecified atom stereocenters. The topological polar surface area (TPSA) is 52.6 Å². The van der Waals surface area contributed by atoms with Gasteiger partial charge in [-0.3, -0.25) is 0 Å². The van der Waals surface area contributed by atoms with Crippen LogP contribution < -0.4 is 0 Å². The molecular weight excluding hydrogens is 280 g/mol. The molecule has 0 amide bonds. The van der Waals surface area contributed by atoms with Crippen LogP contribution in [0.25, 0.3) is 5.57 Å². The lowest BCUT2D eigenvalue weighted by atomic mass is 9.93. The summed E-state index contributed by atoms with van der Waals surface area (Å²) in [5, 5.41) is 0. The fourth-order valence-electron chi connectivity index (χ4n) is 2.60. The van der Waals surface area contributed by atoms with Crippen LogP contribution in [0.4, 0.5) is 0 Å². The third kappa shape index (κ3) is 3.66. The van der Waals surface area contributed by atoms with Crippen molar-refractivity contribution in [2.45, 2.75) is 32.1 Å². The molecule has 0 saturated heterocycles. The molecule has 0 aromatic heterocycles. The Labute approximate surface area is 130 Å². The zero-order chi connectivity index (χ0) is 15.9. The minimum atomic E-state index is -0.491. The summed E-state index contributed by atoms with van der Waals surface area (Å²) < 4.78 is 9.66. The quantitative estimate of drug-likeness (QED) is 0.487. The van der Waals surface area contributed by atoms with Gasteiger partial charge in [0.25, 0.3) is 0 Å². The molecule has 0 radical (unpaired) electrons. The molecule has 116 valence electrons. The molecule has 0 atom stereocenters. The molecule has 0 heterocycles. The van der Waals surface area contributed by atoms with E-state index in [1.165, 1.54) is 20.6 Å². The van der Waals surface area contributed by atoms with E-state index in [1.807, 2.05) is 0 Å². The van der Waals surface area contributed by atoms with E-state index in [0.717, 1.165) is 31.3 Å². The summed E-state index contributed by atoms with van der Waals surface area (Å²) in [5.41, 5.74) is 5.43. The first-order chi connectivity index (χ1) is 10.7. The van der Waals surface area contributed by atoms with Crippen LogP contribution in [0.1, 0.15) is 48.0 Å². The summed E-state index contributed by atoms with van der Waals surface area (Å²) in [4.78, 5) is 24.1. The van der Waals surface area contributed by atoms with E-state index >= 15 is 0 Å². The number of rotatable bonds is 3. The Balaban J connectivity index is 2.58. The van der Waals surface area contributed by atoms with Gasteiger partial charge in [0, 0.05) is 5.56 Å². The van der Waals surface area contributed by atoms with E-state index in [9.17, 15) is 9.59 Å². The smallest absolute Gasteiger partial charge is 0.346 e. The fourth-order valence-corrected chi connectivity index (χ4v) is 2.60. The molecule has 1 saturated carbocycles. The third-order valence-electron chi connectivity index (χ3n) is 3.75. The van der Waals surface area contributed by atoms with Crippen LogP contribution in [0.2, 0.25) is 0 Å². The second-order valence-electron chi connectivity index (χ2n) is 5.19. The highest BCUT2D eigenvalue weighted by Gasteiger charge is 2.20. The van der Waals surface area contributed by atoms with Crippen molar-refractivity contribution in [3.8, 4) is 0 Å². The molecule has 22 heavy (non-hydrogen) atoms. The Kier molecular flexibility index (Phi) is 5.56. The van der Waals surface area contributed by atoms with Crippen molar-refractivity contribution in [1.29, 1.82) is 0 Å². The lowest BCUT2D eigenvalue weighted by molar-refractivity contribution is -0.133. The maximum atomic E-state index is 12.2. The molecule has 1 aliphatic carbocycles. The van der Waals surface area contributed by atoms with Gasteiger partial charge in [-0.2, -0.15) is 0 Å². The van der Waals surface area contributed by atoms with Crippen molar-refractivity contribution in [3.05, 3.63) is 46.7 Å². The predicted octanol–water partition coefficient (Wildman–Crippen LogP) is 3.52. The molecule has 4 nitrogen and oxygen atoms in total. The van der Waals surface area contributed by atoms with Crippen LogP contribution >= 0.6 is 0 Å². The molecule has 1 fully saturated rings. The first-order valence-electron chi connectivity index (χ1n) is 7.42. The van der Waals surface area contributed by atoms with Crippen LogP contribution in [0, 0.1) is 0 Å². The van der Waals surface area contributed by atoms with Crippen molar-refractivity contribution < 1.29 is 19.1 Å². The standard InChI is InChI=1S/C18H20O4/c1-21-17(19)15-11-7-6-10-14(15)16(18(20)22-2)12-13-8-4-3-5-9-13/h6-7,10-11H,3-5,8-9H2,1-2H3. The SMILES string of the molecule is COC(=O)C(=C=C1CCCCC1)c1ccccc1C(=O)OC. The van der Waals surface area contributed by atoms with E-state index in [4.69, 9.17) is 9.47 Å². The summed E-state index contributed by atoms with van der Waals surface area (Å²) in [5.74, 6) is -0.970. The number of hydrogen-bond donors (Lipinski definition) is 0. The van der Waals surface area contributed by atoms with Gasteiger partial charge in [0.15, 0.2) is 0 Å². The van der Waals surface area contributed by atoms with Crippen molar-refractivity contribution in [2.24, 2.45) is 0 Å². The fraction of sp³-hybridized carbons (Fsp3) is 0.389. The molecule has 0 N–H and O–H groups in total. The summed E-state index contributed by atoms with van der Waals surface area (Å²) >= 11 is 0. The lowest BCUT2D eigenvalue weighted by Gasteiger charge is -2.13. The Morgan fingerprint density at radius 1 is 0.955 bits per heavy atom. The van der Waals surface area contributed by atoms with E-state index < -0.39 is 11.9 Å². The van der Waals surface area contributed by atoms with Crippen LogP contribution in [0.5, 0.6) is 0 Å². The Bertz CT molecular complexity index is 628. The van der Waals surface area contributed by atoms with E-state index in [1.54, 1.807) is 24.3 Å². The van der Waals surface area contributed by atoms with Gasteiger partial charge >= 0.3 is 11.9 Å². The summed E-state index contributed by atoms with van der Waals surface area (Å²) in [6, 6.07) is 6.86. The second-order valence-corrected chi connectivity index (χ2v) is 5.19. The zero-order valence-electron chi connectivity index (χ0n) is 13.0. The molecule has 0 bridgehead atoms. The maximum Gasteiger partial charge on any atom is 0.346 e. The zero-order valence-corrected chi connectivity index (χ0v) is 13.0. The summed E-state index contributed by atoms with van der Waals surface area (Å²) in [7, 11) is 2.65. The molecule has 1 aliphatic rings. The van der Waals surface area contributed by atoms with Gasteiger partial charge in [0.05, 0.1) is 19.8 Å². The Hall–Kier alpha value is -2.32. The second kappa shape index (κ2) is 7.62. The van der Waals surface area contributed by atoms with E-state index in [0.29, 0.717) is 16.7 Å². The van der Waals surface area contributed by atoms with E-state index in [2.05, 4.69) is 5.73 Å². The highest BCUT2D eigenvalue weighted by Crippen LogP contribution is 2.26. The van der Waals surface area contributed by atoms with Crippen molar-refractivity contribution in [1.82, 2.24) is 0 Å². The maximum absolute atomic E-state index is 12.2. The van der Waals surface area contributed by atoms with Crippen molar-refractivity contribution in [3.63, 3.8) is 0 Å². The molecule has 2 rings (SSSR count). The van der Waals surface area contributed by atoms with Gasteiger partial charge in [-0.15, -0.1) is 5.73 Å². The minimum absolute atomic E-state index is 0.292. The number of carbonyl (C=O) groups excluding carboxylic acids is 2. The van der Waals surface area contributed by atoms with Gasteiger partial charge in [0.1, 0.15) is 5.57 Å². The Morgan fingerprint density at radius 3 is 2.18 bits per heavy atom. The summed E-state index contributed by atoms with van der Waals surface area (Å²) in [6.07, 6.45) is 5.28. The predicted molar refractivity (Wildman–Crippen MR) is 83.3 cm³/mol. The van der Waals surface area contributed by atoms with Gasteiger partial charge in [-0.25, -0.2) is 9.59 Å². The first-order valence-corrected chi connectivity index (χ1v) is 7.42. The average Bonchev–Trinajstić information content (AvgIpc) is 2.59. The largest absolute Gasteiger partial charge is 0.465 e. The van der Waals surface area contributed by atoms with Crippen LogP contribution in [0.15, 0.2) is 35.6 Å². The monoisotopic (exact) mass is 300 g/mol. The van der Waals surface area contributed by atoms with Gasteiger partial charge in [-0.1, -0.05) is 24.6 Å². The first kappa shape index (κ1) is 16.1. The van der Waals surface area contributed by atoms with Crippen LogP contribution in [0.3, 0.4) is 0 Å². The highest BCUT2D eigenvalue weighted by molar-refractivity contribution is 6.18. The number of carbonyl (C=O) groups is 2. The number of methoxy groups -OCH3 is 2. The normalized spacial score (nSPS) is 14.0. The van der Waals surface area contributed by atoms with Crippen LogP contribution in [-0.4, -0.2) is 26.2 Å². The number of esters is 2. The average molecular weight is 300 g/mol. The van der Waals surface area contributed by atoms with Crippen LogP contribution in [-0.2, 0) is 14.3 Å². The Morgan fingerprint density at radius 2 is 1.59 bits per heavy atom. The molecular formula is C18H20O4. The summed E-state index contributed by atoms with van der Waals surface area (Å²) in [6.45, 7) is 0. The van der Waals surface area contributed by atoms with Gasteiger partial charge in [-0.05, 0) is 37.3 Å². The molecule has 1 aromatic carbocycles. The number of benzene rings is 1. The van der Waals surface area contributed by atoms with Crippen molar-refractivity contribution >= 4 is 17.5 Å². The van der Waals surface area contributed by atoms with Crippen molar-refractivity contribution in [2.75, 3.05) is 14.2 Å². The third-order valence-corrected chi connectivity index (χ3v) is 3.75. The minimum Gasteiger partial charge on any atom is -0.465 e. The highest BCUT2D eigenvalue weighted by atomic mass is 16.5. The molecule has 1 aromatic rings. The lowest BCUT2D eigenvalue weighted by Crippen LogP contribution is -2.10.